The molecular weight excluding hydrogens is 270 g/mol. The lowest BCUT2D eigenvalue weighted by Crippen LogP contribution is -2.28. The van der Waals surface area contributed by atoms with Crippen LogP contribution in [0.3, 0.4) is 0 Å². The molecule has 0 aromatic carbocycles. The number of nitrogens with zero attached hydrogens (tertiary/aromatic N) is 2. The first-order chi connectivity index (χ1) is 6.59. The summed E-state index contributed by atoms with van der Waals surface area (Å²) in [7, 11) is -1.82. The summed E-state index contributed by atoms with van der Waals surface area (Å²) in [6.45, 7) is 0.493. The van der Waals surface area contributed by atoms with Gasteiger partial charge in [0.05, 0.1) is 6.20 Å². The zero-order chi connectivity index (χ0) is 10.6. The number of hydrogen-bond donors (Lipinski definition) is 1. The summed E-state index contributed by atoms with van der Waals surface area (Å²) in [5.74, 6) is 0. The number of halogens is 1. The van der Waals surface area contributed by atoms with E-state index in [2.05, 4.69) is 26.1 Å². The summed E-state index contributed by atoms with van der Waals surface area (Å²) in [6, 6.07) is 1.44. The first-order valence-corrected chi connectivity index (χ1v) is 6.67. The molecule has 1 N–H and O–H groups in total. The minimum atomic E-state index is -3.37. The van der Waals surface area contributed by atoms with E-state index in [-0.39, 0.29) is 5.03 Å². The second-order valence-electron chi connectivity index (χ2n) is 2.79. The fraction of sp³-hybridized carbons (Fsp3) is 0.571. The maximum Gasteiger partial charge on any atom is 0.259 e. The van der Waals surface area contributed by atoms with Crippen molar-refractivity contribution < 1.29 is 8.42 Å². The lowest BCUT2D eigenvalue weighted by molar-refractivity contribution is 0.467. The summed E-state index contributed by atoms with van der Waals surface area (Å²) in [4.78, 5) is 0. The fourth-order valence-corrected chi connectivity index (χ4v) is 2.31. The summed E-state index contributed by atoms with van der Waals surface area (Å²) in [5.41, 5.74) is 0. The van der Waals surface area contributed by atoms with Crippen LogP contribution in [0.4, 0.5) is 0 Å². The van der Waals surface area contributed by atoms with Gasteiger partial charge in [-0.1, -0.05) is 15.9 Å². The molecule has 0 bridgehead atoms. The number of hydrogen-bond acceptors (Lipinski definition) is 3. The summed E-state index contributed by atoms with van der Waals surface area (Å²) < 4.78 is 24.8. The molecule has 0 aliphatic carbocycles. The smallest absolute Gasteiger partial charge is 0.259 e. The summed E-state index contributed by atoms with van der Waals surface area (Å²) in [6.07, 6.45) is 2.20. The lowest BCUT2D eigenvalue weighted by atomic mass is 10.5. The number of aromatic amines is 1. The highest BCUT2D eigenvalue weighted by atomic mass is 79.9. The topological polar surface area (TPSA) is 66.1 Å². The highest BCUT2D eigenvalue weighted by molar-refractivity contribution is 9.09. The normalized spacial score (nSPS) is 12.2. The molecule has 80 valence electrons. The van der Waals surface area contributed by atoms with Crippen molar-refractivity contribution in [1.82, 2.24) is 14.5 Å². The Morgan fingerprint density at radius 2 is 2.36 bits per heavy atom. The molecule has 0 atom stereocenters. The molecule has 0 radical (unpaired) electrons. The number of aromatic nitrogens is 2. The monoisotopic (exact) mass is 281 g/mol. The zero-order valence-electron chi connectivity index (χ0n) is 7.77. The van der Waals surface area contributed by atoms with Crippen LogP contribution in [0.2, 0.25) is 0 Å². The van der Waals surface area contributed by atoms with E-state index < -0.39 is 10.0 Å². The highest BCUT2D eigenvalue weighted by Crippen LogP contribution is 2.10. The van der Waals surface area contributed by atoms with E-state index in [4.69, 9.17) is 0 Å². The molecule has 0 saturated heterocycles. The Labute approximate surface area is 91.7 Å². The molecule has 1 heterocycles. The molecule has 0 spiro atoms. The van der Waals surface area contributed by atoms with Gasteiger partial charge in [0.2, 0.25) is 0 Å². The third-order valence-corrected chi connectivity index (χ3v) is 4.12. The predicted octanol–water partition coefficient (Wildman–Crippen LogP) is 0.815. The third-order valence-electron chi connectivity index (χ3n) is 1.77. The molecule has 1 aromatic rings. The van der Waals surface area contributed by atoms with Crippen molar-refractivity contribution in [2.24, 2.45) is 0 Å². The molecule has 0 amide bonds. The summed E-state index contributed by atoms with van der Waals surface area (Å²) in [5, 5.41) is 6.98. The van der Waals surface area contributed by atoms with E-state index in [0.717, 1.165) is 11.8 Å². The van der Waals surface area contributed by atoms with Crippen molar-refractivity contribution >= 4 is 26.0 Å². The largest absolute Gasteiger partial charge is 0.266 e. The number of sulfonamides is 1. The Hall–Kier alpha value is -0.400. The van der Waals surface area contributed by atoms with Gasteiger partial charge in [0.15, 0.2) is 5.03 Å². The minimum Gasteiger partial charge on any atom is -0.266 e. The Morgan fingerprint density at radius 3 is 2.86 bits per heavy atom. The van der Waals surface area contributed by atoms with Gasteiger partial charge in [-0.25, -0.2) is 8.42 Å². The molecule has 1 aromatic heterocycles. The molecule has 7 heteroatoms. The van der Waals surface area contributed by atoms with Gasteiger partial charge in [-0.2, -0.15) is 9.40 Å². The lowest BCUT2D eigenvalue weighted by Gasteiger charge is -2.14. The van der Waals surface area contributed by atoms with Crippen LogP contribution < -0.4 is 0 Å². The van der Waals surface area contributed by atoms with E-state index in [9.17, 15) is 8.42 Å². The van der Waals surface area contributed by atoms with E-state index in [1.807, 2.05) is 0 Å². The van der Waals surface area contributed by atoms with Gasteiger partial charge in [0.25, 0.3) is 10.0 Å². The van der Waals surface area contributed by atoms with Crippen molar-refractivity contribution in [3.8, 4) is 0 Å². The Morgan fingerprint density at radius 1 is 1.64 bits per heavy atom. The fourth-order valence-electron chi connectivity index (χ4n) is 0.957. The van der Waals surface area contributed by atoms with Crippen LogP contribution in [0, 0.1) is 0 Å². The van der Waals surface area contributed by atoms with Crippen molar-refractivity contribution in [2.75, 3.05) is 18.9 Å². The minimum absolute atomic E-state index is 0.134. The van der Waals surface area contributed by atoms with Crippen LogP contribution in [0.1, 0.15) is 6.42 Å². The molecule has 0 fully saturated rings. The van der Waals surface area contributed by atoms with Crippen LogP contribution in [0.15, 0.2) is 17.3 Å². The molecular formula is C7H12BrN3O2S. The van der Waals surface area contributed by atoms with Crippen LogP contribution in [0.25, 0.3) is 0 Å². The Kier molecular flexibility index (Phi) is 4.09. The van der Waals surface area contributed by atoms with Gasteiger partial charge in [0.1, 0.15) is 0 Å². The molecule has 5 nitrogen and oxygen atoms in total. The zero-order valence-corrected chi connectivity index (χ0v) is 10.2. The van der Waals surface area contributed by atoms with E-state index in [1.54, 1.807) is 7.05 Å². The number of alkyl halides is 1. The van der Waals surface area contributed by atoms with Crippen LogP contribution in [-0.2, 0) is 10.0 Å². The van der Waals surface area contributed by atoms with Crippen molar-refractivity contribution in [2.45, 2.75) is 11.4 Å². The third kappa shape index (κ3) is 2.55. The van der Waals surface area contributed by atoms with Gasteiger partial charge >= 0.3 is 0 Å². The van der Waals surface area contributed by atoms with Crippen molar-refractivity contribution in [3.63, 3.8) is 0 Å². The molecule has 0 unspecified atom stereocenters. The van der Waals surface area contributed by atoms with E-state index in [0.29, 0.717) is 6.54 Å². The van der Waals surface area contributed by atoms with Crippen molar-refractivity contribution in [1.29, 1.82) is 0 Å². The second-order valence-corrected chi connectivity index (χ2v) is 5.60. The number of rotatable bonds is 5. The van der Waals surface area contributed by atoms with Crippen LogP contribution in [0.5, 0.6) is 0 Å². The van der Waals surface area contributed by atoms with Gasteiger partial charge in [-0.3, -0.25) is 5.10 Å². The van der Waals surface area contributed by atoms with Crippen molar-refractivity contribution in [3.05, 3.63) is 12.3 Å². The quantitative estimate of drug-likeness (QED) is 0.813. The number of nitrogens with one attached hydrogen (secondary N) is 1. The first-order valence-electron chi connectivity index (χ1n) is 4.10. The molecule has 0 saturated carbocycles. The second kappa shape index (κ2) is 4.90. The maximum atomic E-state index is 11.7. The van der Waals surface area contributed by atoms with E-state index >= 15 is 0 Å². The maximum absolute atomic E-state index is 11.7. The standard InChI is InChI=1S/C7H12BrN3O2S/c1-11(6-2-4-8)14(12,13)7-3-5-9-10-7/h3,5H,2,4,6H2,1H3,(H,9,10). The SMILES string of the molecule is CN(CCCBr)S(=O)(=O)c1ccn[nH]1. The van der Waals surface area contributed by atoms with Gasteiger partial charge in [0, 0.05) is 18.9 Å². The van der Waals surface area contributed by atoms with Gasteiger partial charge in [-0.05, 0) is 12.5 Å². The summed E-state index contributed by atoms with van der Waals surface area (Å²) >= 11 is 3.25. The highest BCUT2D eigenvalue weighted by Gasteiger charge is 2.20. The average molecular weight is 282 g/mol. The Bertz CT molecular complexity index is 362. The van der Waals surface area contributed by atoms with E-state index in [1.165, 1.54) is 16.6 Å². The molecule has 0 aliphatic heterocycles. The molecule has 0 aliphatic rings. The molecule has 1 rings (SSSR count). The van der Waals surface area contributed by atoms with Gasteiger partial charge in [-0.15, -0.1) is 0 Å². The predicted molar refractivity (Wildman–Crippen MR) is 56.8 cm³/mol. The van der Waals surface area contributed by atoms with Gasteiger partial charge < -0.3 is 0 Å². The number of H-pyrrole nitrogens is 1. The average Bonchev–Trinajstić information content (AvgIpc) is 2.67. The Balaban J connectivity index is 2.76. The van der Waals surface area contributed by atoms with Crippen LogP contribution in [-0.4, -0.2) is 41.8 Å². The van der Waals surface area contributed by atoms with Crippen LogP contribution >= 0.6 is 15.9 Å². The first kappa shape index (κ1) is 11.7. The molecule has 14 heavy (non-hydrogen) atoms.